The molecule has 22 heavy (non-hydrogen) atoms. The molecule has 0 aliphatic heterocycles. The maximum atomic E-state index is 10.5. The van der Waals surface area contributed by atoms with E-state index in [0.29, 0.717) is 11.1 Å². The molecule has 0 bridgehead atoms. The number of benzene rings is 2. The molecule has 0 atom stereocenters. The maximum absolute atomic E-state index is 10.5. The second-order valence-electron chi connectivity index (χ2n) is 4.61. The minimum absolute atomic E-state index is 0.0903. The van der Waals surface area contributed by atoms with Gasteiger partial charge in [-0.1, -0.05) is 0 Å². The Labute approximate surface area is 126 Å². The molecule has 0 saturated carbocycles. The van der Waals surface area contributed by atoms with Crippen LogP contribution < -0.4 is 0 Å². The molecule has 0 unspecified atom stereocenters. The van der Waals surface area contributed by atoms with Gasteiger partial charge in [-0.25, -0.2) is 9.59 Å². The third-order valence-corrected chi connectivity index (χ3v) is 2.88. The van der Waals surface area contributed by atoms with E-state index >= 15 is 0 Å². The van der Waals surface area contributed by atoms with E-state index in [1.54, 1.807) is 13.8 Å². The van der Waals surface area contributed by atoms with Gasteiger partial charge in [0, 0.05) is 0 Å². The van der Waals surface area contributed by atoms with Gasteiger partial charge in [-0.05, 0) is 61.4 Å². The van der Waals surface area contributed by atoms with Crippen LogP contribution in [0, 0.1) is 13.8 Å². The van der Waals surface area contributed by atoms with E-state index in [2.05, 4.69) is 0 Å². The van der Waals surface area contributed by atoms with Crippen molar-refractivity contribution in [2.24, 2.45) is 0 Å². The average molecular weight is 304 g/mol. The highest BCUT2D eigenvalue weighted by atomic mass is 16.4. The molecule has 4 N–H and O–H groups in total. The summed E-state index contributed by atoms with van der Waals surface area (Å²) in [5.74, 6) is -1.76. The molecular weight excluding hydrogens is 288 g/mol. The first kappa shape index (κ1) is 17.0. The van der Waals surface area contributed by atoms with Gasteiger partial charge in [0.25, 0.3) is 0 Å². The highest BCUT2D eigenvalue weighted by Gasteiger charge is 2.06. The van der Waals surface area contributed by atoms with Gasteiger partial charge in [0.15, 0.2) is 0 Å². The van der Waals surface area contributed by atoms with Crippen molar-refractivity contribution in [3.8, 4) is 11.5 Å². The van der Waals surface area contributed by atoms with Crippen molar-refractivity contribution in [2.75, 3.05) is 0 Å². The first-order valence-electron chi connectivity index (χ1n) is 6.28. The zero-order valence-corrected chi connectivity index (χ0v) is 12.1. The van der Waals surface area contributed by atoms with Gasteiger partial charge in [0.2, 0.25) is 0 Å². The van der Waals surface area contributed by atoms with E-state index in [1.165, 1.54) is 36.4 Å². The molecule has 0 fully saturated rings. The summed E-state index contributed by atoms with van der Waals surface area (Å²) in [7, 11) is 0. The van der Waals surface area contributed by atoms with Gasteiger partial charge in [-0.3, -0.25) is 0 Å². The number of phenolic OH excluding ortho intramolecular Hbond substituents is 2. The summed E-state index contributed by atoms with van der Waals surface area (Å²) in [6.07, 6.45) is 0. The standard InChI is InChI=1S/2C8H8O3/c2*1-5-4-6(9)2-3-7(5)8(10)11/h2*2-4,9H,1H3,(H,10,11). The Morgan fingerprint density at radius 3 is 1.27 bits per heavy atom. The van der Waals surface area contributed by atoms with Gasteiger partial charge in [-0.15, -0.1) is 0 Å². The highest BCUT2D eigenvalue weighted by Crippen LogP contribution is 2.15. The molecule has 0 saturated heterocycles. The average Bonchev–Trinajstić information content (AvgIpc) is 2.38. The Morgan fingerprint density at radius 1 is 0.727 bits per heavy atom. The molecule has 2 rings (SSSR count). The number of aromatic hydroxyl groups is 2. The van der Waals surface area contributed by atoms with Gasteiger partial charge < -0.3 is 20.4 Å². The maximum Gasteiger partial charge on any atom is 0.335 e. The molecule has 2 aromatic carbocycles. The van der Waals surface area contributed by atoms with Crippen molar-refractivity contribution in [2.45, 2.75) is 13.8 Å². The molecule has 0 aromatic heterocycles. The molecular formula is C16H16O6. The van der Waals surface area contributed by atoms with Gasteiger partial charge in [-0.2, -0.15) is 0 Å². The van der Waals surface area contributed by atoms with Crippen molar-refractivity contribution < 1.29 is 30.0 Å². The Bertz CT molecular complexity index is 644. The lowest BCUT2D eigenvalue weighted by molar-refractivity contribution is 0.0685. The first-order valence-corrected chi connectivity index (χ1v) is 6.28. The Balaban J connectivity index is 0.000000220. The van der Waals surface area contributed by atoms with Crippen LogP contribution in [-0.4, -0.2) is 32.4 Å². The molecule has 6 nitrogen and oxygen atoms in total. The van der Waals surface area contributed by atoms with Crippen LogP contribution in [0.1, 0.15) is 31.8 Å². The van der Waals surface area contributed by atoms with Crippen LogP contribution in [0.25, 0.3) is 0 Å². The van der Waals surface area contributed by atoms with Crippen LogP contribution in [0.4, 0.5) is 0 Å². The summed E-state index contributed by atoms with van der Waals surface area (Å²) in [6, 6.07) is 8.32. The molecule has 0 spiro atoms. The van der Waals surface area contributed by atoms with E-state index in [9.17, 15) is 9.59 Å². The molecule has 0 aliphatic carbocycles. The third kappa shape index (κ3) is 4.52. The number of rotatable bonds is 2. The number of carboxylic acids is 2. The second kappa shape index (κ2) is 7.12. The van der Waals surface area contributed by atoms with Crippen LogP contribution in [0.2, 0.25) is 0 Å². The minimum atomic E-state index is -0.970. The SMILES string of the molecule is Cc1cc(O)ccc1C(=O)O.Cc1cc(O)ccc1C(=O)O. The molecule has 0 amide bonds. The van der Waals surface area contributed by atoms with Gasteiger partial charge in [0.1, 0.15) is 11.5 Å². The molecule has 0 aliphatic rings. The lowest BCUT2D eigenvalue weighted by atomic mass is 10.1. The van der Waals surface area contributed by atoms with Crippen LogP contribution >= 0.6 is 0 Å². The summed E-state index contributed by atoms with van der Waals surface area (Å²) < 4.78 is 0. The van der Waals surface area contributed by atoms with Crippen molar-refractivity contribution in [1.82, 2.24) is 0 Å². The normalized spacial score (nSPS) is 9.55. The monoisotopic (exact) mass is 304 g/mol. The topological polar surface area (TPSA) is 115 Å². The third-order valence-electron chi connectivity index (χ3n) is 2.88. The molecule has 2 aromatic rings. The Kier molecular flexibility index (Phi) is 5.51. The quantitative estimate of drug-likeness (QED) is 0.678. The van der Waals surface area contributed by atoms with E-state index in [1.807, 2.05) is 0 Å². The van der Waals surface area contributed by atoms with Crippen molar-refractivity contribution in [3.05, 3.63) is 58.7 Å². The van der Waals surface area contributed by atoms with E-state index in [0.717, 1.165) is 0 Å². The zero-order chi connectivity index (χ0) is 16.9. The smallest absolute Gasteiger partial charge is 0.335 e. The predicted molar refractivity (Wildman–Crippen MR) is 79.6 cm³/mol. The number of aryl methyl sites for hydroxylation is 2. The van der Waals surface area contributed by atoms with Crippen LogP contribution in [0.15, 0.2) is 36.4 Å². The molecule has 0 heterocycles. The zero-order valence-electron chi connectivity index (χ0n) is 12.1. The van der Waals surface area contributed by atoms with Crippen molar-refractivity contribution >= 4 is 11.9 Å². The number of hydrogen-bond donors (Lipinski definition) is 4. The summed E-state index contributed by atoms with van der Waals surface area (Å²) >= 11 is 0. The summed E-state index contributed by atoms with van der Waals surface area (Å²) in [5.41, 5.74) is 1.58. The van der Waals surface area contributed by atoms with Gasteiger partial charge in [0.05, 0.1) is 11.1 Å². The lowest BCUT2D eigenvalue weighted by Gasteiger charge is -1.99. The minimum Gasteiger partial charge on any atom is -0.508 e. The Morgan fingerprint density at radius 2 is 1.05 bits per heavy atom. The van der Waals surface area contributed by atoms with E-state index < -0.39 is 11.9 Å². The number of hydrogen-bond acceptors (Lipinski definition) is 4. The van der Waals surface area contributed by atoms with E-state index in [-0.39, 0.29) is 22.6 Å². The Hall–Kier alpha value is -3.02. The summed E-state index contributed by atoms with van der Waals surface area (Å²) in [4.78, 5) is 20.9. The predicted octanol–water partition coefficient (Wildman–Crippen LogP) is 2.80. The molecule has 116 valence electrons. The fourth-order valence-electron chi connectivity index (χ4n) is 1.78. The largest absolute Gasteiger partial charge is 0.508 e. The van der Waals surface area contributed by atoms with Crippen molar-refractivity contribution in [3.63, 3.8) is 0 Å². The fraction of sp³-hybridized carbons (Fsp3) is 0.125. The molecule has 0 radical (unpaired) electrons. The van der Waals surface area contributed by atoms with Crippen molar-refractivity contribution in [1.29, 1.82) is 0 Å². The lowest BCUT2D eigenvalue weighted by Crippen LogP contribution is -1.98. The first-order chi connectivity index (χ1) is 10.2. The van der Waals surface area contributed by atoms with Crippen LogP contribution in [-0.2, 0) is 0 Å². The highest BCUT2D eigenvalue weighted by molar-refractivity contribution is 5.89. The number of aromatic carboxylic acids is 2. The number of phenols is 2. The number of carbonyl (C=O) groups is 2. The molecule has 6 heteroatoms. The van der Waals surface area contributed by atoms with Crippen LogP contribution in [0.5, 0.6) is 11.5 Å². The summed E-state index contributed by atoms with van der Waals surface area (Å²) in [6.45, 7) is 3.28. The van der Waals surface area contributed by atoms with Gasteiger partial charge >= 0.3 is 11.9 Å². The van der Waals surface area contributed by atoms with E-state index in [4.69, 9.17) is 20.4 Å². The number of carboxylic acid groups (broad SMARTS) is 2. The fourth-order valence-corrected chi connectivity index (χ4v) is 1.78. The van der Waals surface area contributed by atoms with Crippen LogP contribution in [0.3, 0.4) is 0 Å². The second-order valence-corrected chi connectivity index (χ2v) is 4.61. The summed E-state index contributed by atoms with van der Waals surface area (Å²) in [5, 5.41) is 35.0.